The van der Waals surface area contributed by atoms with Crippen LogP contribution in [-0.2, 0) is 15.4 Å². The zero-order valence-electron chi connectivity index (χ0n) is 18.9. The van der Waals surface area contributed by atoms with Gasteiger partial charge in [-0.05, 0) is 60.2 Å². The Balaban J connectivity index is 1.51. The van der Waals surface area contributed by atoms with E-state index in [4.69, 9.17) is 0 Å². The van der Waals surface area contributed by atoms with Crippen molar-refractivity contribution in [1.82, 2.24) is 13.9 Å². The number of carbonyl (C=O) groups excluding carboxylic acids is 1. The average Bonchev–Trinajstić information content (AvgIpc) is 3.47. The molecule has 2 aromatic carbocycles. The fourth-order valence-electron chi connectivity index (χ4n) is 3.74. The van der Waals surface area contributed by atoms with Crippen LogP contribution in [0.1, 0.15) is 49.7 Å². The van der Waals surface area contributed by atoms with Crippen LogP contribution in [0.15, 0.2) is 59.9 Å². The van der Waals surface area contributed by atoms with Crippen LogP contribution >= 0.6 is 0 Å². The lowest BCUT2D eigenvalue weighted by Crippen LogP contribution is -2.27. The fourth-order valence-corrected chi connectivity index (χ4v) is 5.26. The molecule has 1 aliphatic rings. The molecule has 8 nitrogen and oxygen atoms in total. The van der Waals surface area contributed by atoms with Gasteiger partial charge in [0.05, 0.1) is 10.6 Å². The number of hydrogen-bond acceptors (Lipinski definition) is 5. The van der Waals surface area contributed by atoms with Gasteiger partial charge in [-0.1, -0.05) is 26.8 Å². The van der Waals surface area contributed by atoms with E-state index in [0.29, 0.717) is 24.5 Å². The molecule has 2 heterocycles. The van der Waals surface area contributed by atoms with Crippen molar-refractivity contribution < 1.29 is 18.3 Å². The van der Waals surface area contributed by atoms with E-state index in [1.165, 1.54) is 10.6 Å². The molecule has 174 valence electrons. The van der Waals surface area contributed by atoms with Crippen molar-refractivity contribution in [1.29, 1.82) is 0 Å². The van der Waals surface area contributed by atoms with Crippen LogP contribution in [0, 0.1) is 0 Å². The molecule has 0 bridgehead atoms. The summed E-state index contributed by atoms with van der Waals surface area (Å²) in [4.78, 5) is 17.1. The van der Waals surface area contributed by atoms with Crippen molar-refractivity contribution in [3.63, 3.8) is 0 Å². The Hall–Kier alpha value is -3.17. The molecule has 4 rings (SSSR count). The predicted molar refractivity (Wildman–Crippen MR) is 126 cm³/mol. The standard InChI is InChI=1S/C24H28N4O4S/c1-24(2,3)17-6-11-22(29)20(14-17)26-23(30)21-15-27(16-25-21)18-7-9-19(10-8-18)33(31,32)28-12-4-5-13-28/h6-11,14-16,29H,4-5,12-13H2,1-3H3,(H,26,30). The molecule has 0 aliphatic carbocycles. The summed E-state index contributed by atoms with van der Waals surface area (Å²) in [6.07, 6.45) is 4.82. The number of anilines is 1. The highest BCUT2D eigenvalue weighted by Gasteiger charge is 2.27. The zero-order valence-corrected chi connectivity index (χ0v) is 19.8. The van der Waals surface area contributed by atoms with E-state index in [-0.39, 0.29) is 21.8 Å². The normalized spacial score (nSPS) is 15.0. The van der Waals surface area contributed by atoms with Crippen molar-refractivity contribution in [3.05, 3.63) is 66.2 Å². The molecule has 0 atom stereocenters. The molecule has 1 amide bonds. The van der Waals surface area contributed by atoms with E-state index in [1.807, 2.05) is 26.8 Å². The number of hydrogen-bond donors (Lipinski definition) is 2. The van der Waals surface area contributed by atoms with Gasteiger partial charge in [0.2, 0.25) is 10.0 Å². The summed E-state index contributed by atoms with van der Waals surface area (Å²) < 4.78 is 28.5. The number of nitrogens with one attached hydrogen (secondary N) is 1. The topological polar surface area (TPSA) is 105 Å². The highest BCUT2D eigenvalue weighted by molar-refractivity contribution is 7.89. The van der Waals surface area contributed by atoms with Crippen molar-refractivity contribution >= 4 is 21.6 Å². The number of nitrogens with zero attached hydrogens (tertiary/aromatic N) is 3. The quantitative estimate of drug-likeness (QED) is 0.553. The third kappa shape index (κ3) is 4.79. The van der Waals surface area contributed by atoms with E-state index in [2.05, 4.69) is 10.3 Å². The highest BCUT2D eigenvalue weighted by Crippen LogP contribution is 2.31. The van der Waals surface area contributed by atoms with Gasteiger partial charge >= 0.3 is 0 Å². The fraction of sp³-hybridized carbons (Fsp3) is 0.333. The van der Waals surface area contributed by atoms with Crippen LogP contribution < -0.4 is 5.32 Å². The molecule has 1 saturated heterocycles. The summed E-state index contributed by atoms with van der Waals surface area (Å²) in [5.74, 6) is -0.478. The van der Waals surface area contributed by atoms with E-state index in [9.17, 15) is 18.3 Å². The van der Waals surface area contributed by atoms with Crippen LogP contribution in [0.4, 0.5) is 5.69 Å². The largest absolute Gasteiger partial charge is 0.506 e. The van der Waals surface area contributed by atoms with Gasteiger partial charge in [0.15, 0.2) is 0 Å². The second kappa shape index (κ2) is 8.64. The first kappa shape index (κ1) is 23.0. The number of aromatic hydroxyl groups is 1. The molecule has 1 aromatic heterocycles. The Morgan fingerprint density at radius 1 is 1.06 bits per heavy atom. The molecule has 3 aromatic rings. The number of sulfonamides is 1. The molecule has 1 fully saturated rings. The molecule has 0 unspecified atom stereocenters. The number of carbonyl (C=O) groups is 1. The number of imidazole rings is 1. The van der Waals surface area contributed by atoms with Crippen molar-refractivity contribution in [2.75, 3.05) is 18.4 Å². The average molecular weight is 469 g/mol. The lowest BCUT2D eigenvalue weighted by Gasteiger charge is -2.20. The Bertz CT molecular complexity index is 1270. The number of phenols is 1. The molecular formula is C24H28N4O4S. The van der Waals surface area contributed by atoms with Crippen LogP contribution in [-0.4, -0.2) is 46.4 Å². The number of benzene rings is 2. The SMILES string of the molecule is CC(C)(C)c1ccc(O)c(NC(=O)c2cn(-c3ccc(S(=O)(=O)N4CCCC4)cc3)cn2)c1. The summed E-state index contributed by atoms with van der Waals surface area (Å²) in [7, 11) is -3.48. The second-order valence-electron chi connectivity index (χ2n) is 9.21. The summed E-state index contributed by atoms with van der Waals surface area (Å²) in [5, 5.41) is 12.9. The monoisotopic (exact) mass is 468 g/mol. The van der Waals surface area contributed by atoms with Gasteiger partial charge in [-0.3, -0.25) is 4.79 Å². The first-order valence-corrected chi connectivity index (χ1v) is 12.3. The second-order valence-corrected chi connectivity index (χ2v) is 11.1. The van der Waals surface area contributed by atoms with Gasteiger partial charge in [0.25, 0.3) is 5.91 Å². The van der Waals surface area contributed by atoms with Gasteiger partial charge in [-0.15, -0.1) is 0 Å². The first-order chi connectivity index (χ1) is 15.6. The maximum Gasteiger partial charge on any atom is 0.275 e. The smallest absolute Gasteiger partial charge is 0.275 e. The number of aromatic nitrogens is 2. The van der Waals surface area contributed by atoms with Gasteiger partial charge in [-0.25, -0.2) is 13.4 Å². The maximum absolute atomic E-state index is 12.7. The van der Waals surface area contributed by atoms with Crippen molar-refractivity contribution in [3.8, 4) is 11.4 Å². The van der Waals surface area contributed by atoms with Gasteiger partial charge in [-0.2, -0.15) is 4.31 Å². The number of rotatable bonds is 5. The molecule has 0 radical (unpaired) electrons. The summed E-state index contributed by atoms with van der Waals surface area (Å²) in [6.45, 7) is 7.26. The number of phenolic OH excluding ortho intramolecular Hbond substituents is 1. The molecule has 9 heteroatoms. The molecule has 0 saturated carbocycles. The molecule has 0 spiro atoms. The summed E-state index contributed by atoms with van der Waals surface area (Å²) >= 11 is 0. The third-order valence-electron chi connectivity index (χ3n) is 5.76. The summed E-state index contributed by atoms with van der Waals surface area (Å²) in [5.41, 5.74) is 2.01. The van der Waals surface area contributed by atoms with Crippen molar-refractivity contribution in [2.45, 2.75) is 43.9 Å². The van der Waals surface area contributed by atoms with E-state index < -0.39 is 15.9 Å². The molecular weight excluding hydrogens is 440 g/mol. The van der Waals surface area contributed by atoms with Crippen LogP contribution in [0.2, 0.25) is 0 Å². The van der Waals surface area contributed by atoms with E-state index in [0.717, 1.165) is 18.4 Å². The van der Waals surface area contributed by atoms with Crippen LogP contribution in [0.3, 0.4) is 0 Å². The van der Waals surface area contributed by atoms with E-state index in [1.54, 1.807) is 47.2 Å². The Kier molecular flexibility index (Phi) is 6.02. The van der Waals surface area contributed by atoms with Gasteiger partial charge in [0.1, 0.15) is 17.8 Å². The molecule has 2 N–H and O–H groups in total. The lowest BCUT2D eigenvalue weighted by atomic mass is 9.87. The number of amides is 1. The first-order valence-electron chi connectivity index (χ1n) is 10.9. The Labute approximate surface area is 193 Å². The van der Waals surface area contributed by atoms with Gasteiger partial charge < -0.3 is 15.0 Å². The summed E-state index contributed by atoms with van der Waals surface area (Å²) in [6, 6.07) is 11.6. The molecule has 33 heavy (non-hydrogen) atoms. The minimum Gasteiger partial charge on any atom is -0.506 e. The Morgan fingerprint density at radius 2 is 1.73 bits per heavy atom. The third-order valence-corrected chi connectivity index (χ3v) is 7.68. The zero-order chi connectivity index (χ0) is 23.8. The highest BCUT2D eigenvalue weighted by atomic mass is 32.2. The Morgan fingerprint density at radius 3 is 2.36 bits per heavy atom. The maximum atomic E-state index is 12.7. The van der Waals surface area contributed by atoms with Crippen LogP contribution in [0.25, 0.3) is 5.69 Å². The van der Waals surface area contributed by atoms with Gasteiger partial charge in [0, 0.05) is 25.0 Å². The van der Waals surface area contributed by atoms with E-state index >= 15 is 0 Å². The lowest BCUT2D eigenvalue weighted by molar-refractivity contribution is 0.102. The van der Waals surface area contributed by atoms with Crippen molar-refractivity contribution in [2.24, 2.45) is 0 Å². The minimum absolute atomic E-state index is 0.0226. The van der Waals surface area contributed by atoms with Crippen LogP contribution in [0.5, 0.6) is 5.75 Å². The predicted octanol–water partition coefficient (Wildman–Crippen LogP) is 3.91. The minimum atomic E-state index is -3.48. The molecule has 1 aliphatic heterocycles.